The van der Waals surface area contributed by atoms with Crippen LogP contribution in [0, 0.1) is 5.92 Å². The standard InChI is InChI=1S/C12H19N/c1-11(10-13)6-5-9-12-7-3-2-4-8-12/h2-3,5-7,11H,4,8-10,13H2,1H3/b6-5-. The molecule has 72 valence electrons. The second-order valence-corrected chi connectivity index (χ2v) is 3.64. The Kier molecular flexibility index (Phi) is 4.55. The van der Waals surface area contributed by atoms with Crippen molar-refractivity contribution in [3.05, 3.63) is 36.0 Å². The lowest BCUT2D eigenvalue weighted by Gasteiger charge is -2.06. The molecule has 1 atom stereocenters. The topological polar surface area (TPSA) is 26.0 Å². The normalized spacial score (nSPS) is 19.1. The van der Waals surface area contributed by atoms with Crippen LogP contribution in [0.1, 0.15) is 26.2 Å². The Balaban J connectivity index is 2.29. The zero-order chi connectivity index (χ0) is 9.52. The van der Waals surface area contributed by atoms with E-state index in [1.807, 2.05) is 0 Å². The summed E-state index contributed by atoms with van der Waals surface area (Å²) in [5.74, 6) is 0.514. The van der Waals surface area contributed by atoms with Crippen LogP contribution in [0.5, 0.6) is 0 Å². The smallest absolute Gasteiger partial charge is 0.00168 e. The van der Waals surface area contributed by atoms with Crippen molar-refractivity contribution in [2.24, 2.45) is 11.7 Å². The van der Waals surface area contributed by atoms with E-state index in [1.165, 1.54) is 18.4 Å². The minimum absolute atomic E-state index is 0.514. The lowest BCUT2D eigenvalue weighted by Crippen LogP contribution is -2.07. The summed E-state index contributed by atoms with van der Waals surface area (Å²) in [4.78, 5) is 0. The zero-order valence-corrected chi connectivity index (χ0v) is 8.37. The fourth-order valence-electron chi connectivity index (χ4n) is 1.35. The fraction of sp³-hybridized carbons (Fsp3) is 0.500. The van der Waals surface area contributed by atoms with Gasteiger partial charge >= 0.3 is 0 Å². The molecule has 0 saturated carbocycles. The van der Waals surface area contributed by atoms with Crippen LogP contribution in [0.4, 0.5) is 0 Å². The van der Waals surface area contributed by atoms with Crippen LogP contribution < -0.4 is 5.73 Å². The van der Waals surface area contributed by atoms with Gasteiger partial charge in [-0.05, 0) is 31.7 Å². The Morgan fingerprint density at radius 2 is 2.46 bits per heavy atom. The highest BCUT2D eigenvalue weighted by molar-refractivity contribution is 5.19. The second kappa shape index (κ2) is 5.76. The lowest BCUT2D eigenvalue weighted by molar-refractivity contribution is 0.736. The molecule has 1 aliphatic carbocycles. The molecule has 0 heterocycles. The molecule has 0 fully saturated rings. The Morgan fingerprint density at radius 3 is 3.08 bits per heavy atom. The molecule has 0 bridgehead atoms. The van der Waals surface area contributed by atoms with E-state index >= 15 is 0 Å². The van der Waals surface area contributed by atoms with Crippen LogP contribution in [0.2, 0.25) is 0 Å². The fourth-order valence-corrected chi connectivity index (χ4v) is 1.35. The molecule has 2 N–H and O–H groups in total. The number of nitrogens with two attached hydrogens (primary N) is 1. The lowest BCUT2D eigenvalue weighted by atomic mass is 10.0. The van der Waals surface area contributed by atoms with E-state index in [2.05, 4.69) is 37.3 Å². The quantitative estimate of drug-likeness (QED) is 0.656. The van der Waals surface area contributed by atoms with Gasteiger partial charge in [0.05, 0.1) is 0 Å². The summed E-state index contributed by atoms with van der Waals surface area (Å²) in [5.41, 5.74) is 7.04. The van der Waals surface area contributed by atoms with Gasteiger partial charge in [0.25, 0.3) is 0 Å². The monoisotopic (exact) mass is 177 g/mol. The molecule has 0 aromatic rings. The summed E-state index contributed by atoms with van der Waals surface area (Å²) >= 11 is 0. The number of hydrogen-bond acceptors (Lipinski definition) is 1. The maximum atomic E-state index is 5.51. The van der Waals surface area contributed by atoms with Crippen molar-refractivity contribution in [2.45, 2.75) is 26.2 Å². The van der Waals surface area contributed by atoms with E-state index in [9.17, 15) is 0 Å². The molecule has 0 amide bonds. The maximum Gasteiger partial charge on any atom is -0.00168 e. The molecule has 0 radical (unpaired) electrons. The molecule has 13 heavy (non-hydrogen) atoms. The van der Waals surface area contributed by atoms with Gasteiger partial charge in [-0.1, -0.05) is 42.9 Å². The molecule has 1 heteroatoms. The molecule has 1 rings (SSSR count). The van der Waals surface area contributed by atoms with Gasteiger partial charge in [-0.2, -0.15) is 0 Å². The SMILES string of the molecule is CC(/C=C\CC1=CC=CCC1)CN. The van der Waals surface area contributed by atoms with Crippen molar-refractivity contribution in [3.63, 3.8) is 0 Å². The number of hydrogen-bond donors (Lipinski definition) is 1. The zero-order valence-electron chi connectivity index (χ0n) is 8.37. The summed E-state index contributed by atoms with van der Waals surface area (Å²) < 4.78 is 0. The third-order valence-electron chi connectivity index (χ3n) is 2.32. The summed E-state index contributed by atoms with van der Waals surface area (Å²) in [6.07, 6.45) is 14.6. The molecule has 0 saturated heterocycles. The van der Waals surface area contributed by atoms with E-state index in [0.29, 0.717) is 5.92 Å². The van der Waals surface area contributed by atoms with Crippen molar-refractivity contribution >= 4 is 0 Å². The van der Waals surface area contributed by atoms with Gasteiger partial charge in [0.2, 0.25) is 0 Å². The first-order chi connectivity index (χ1) is 6.33. The van der Waals surface area contributed by atoms with Crippen LogP contribution in [0.3, 0.4) is 0 Å². The Morgan fingerprint density at radius 1 is 1.62 bits per heavy atom. The Labute approximate surface area is 81.0 Å². The highest BCUT2D eigenvalue weighted by atomic mass is 14.5. The van der Waals surface area contributed by atoms with E-state index in [1.54, 1.807) is 0 Å². The first-order valence-electron chi connectivity index (χ1n) is 5.04. The second-order valence-electron chi connectivity index (χ2n) is 3.64. The molecule has 0 aromatic heterocycles. The van der Waals surface area contributed by atoms with E-state index in [-0.39, 0.29) is 0 Å². The van der Waals surface area contributed by atoms with Gasteiger partial charge in [0.15, 0.2) is 0 Å². The summed E-state index contributed by atoms with van der Waals surface area (Å²) in [5, 5.41) is 0. The van der Waals surface area contributed by atoms with Crippen molar-refractivity contribution in [2.75, 3.05) is 6.54 Å². The largest absolute Gasteiger partial charge is 0.330 e. The predicted molar refractivity (Wildman–Crippen MR) is 58.4 cm³/mol. The Bertz CT molecular complexity index is 223. The van der Waals surface area contributed by atoms with Crippen molar-refractivity contribution in [1.82, 2.24) is 0 Å². The van der Waals surface area contributed by atoms with E-state index in [0.717, 1.165) is 13.0 Å². The van der Waals surface area contributed by atoms with Crippen LogP contribution in [0.25, 0.3) is 0 Å². The average molecular weight is 177 g/mol. The van der Waals surface area contributed by atoms with Gasteiger partial charge in [0, 0.05) is 0 Å². The third kappa shape index (κ3) is 4.09. The van der Waals surface area contributed by atoms with Crippen molar-refractivity contribution in [1.29, 1.82) is 0 Å². The summed E-state index contributed by atoms with van der Waals surface area (Å²) in [6, 6.07) is 0. The first kappa shape index (κ1) is 10.3. The minimum atomic E-state index is 0.514. The maximum absolute atomic E-state index is 5.51. The van der Waals surface area contributed by atoms with Crippen LogP contribution in [-0.4, -0.2) is 6.54 Å². The van der Waals surface area contributed by atoms with E-state index < -0.39 is 0 Å². The number of rotatable bonds is 4. The van der Waals surface area contributed by atoms with Crippen LogP contribution >= 0.6 is 0 Å². The summed E-state index contributed by atoms with van der Waals surface area (Å²) in [7, 11) is 0. The predicted octanol–water partition coefficient (Wildman–Crippen LogP) is 2.80. The van der Waals surface area contributed by atoms with Crippen molar-refractivity contribution < 1.29 is 0 Å². The Hall–Kier alpha value is -0.820. The molecule has 0 spiro atoms. The van der Waals surface area contributed by atoms with Gasteiger partial charge in [-0.15, -0.1) is 0 Å². The highest BCUT2D eigenvalue weighted by Crippen LogP contribution is 2.15. The molecule has 1 aliphatic rings. The number of allylic oxidation sites excluding steroid dienone is 5. The molecule has 0 aliphatic heterocycles. The van der Waals surface area contributed by atoms with Gasteiger partial charge in [-0.25, -0.2) is 0 Å². The summed E-state index contributed by atoms with van der Waals surface area (Å²) in [6.45, 7) is 2.89. The van der Waals surface area contributed by atoms with E-state index in [4.69, 9.17) is 5.73 Å². The molecular formula is C12H19N. The van der Waals surface area contributed by atoms with Crippen molar-refractivity contribution in [3.8, 4) is 0 Å². The molecular weight excluding hydrogens is 158 g/mol. The minimum Gasteiger partial charge on any atom is -0.330 e. The molecule has 1 unspecified atom stereocenters. The molecule has 0 aromatic carbocycles. The molecule has 1 nitrogen and oxygen atoms in total. The third-order valence-corrected chi connectivity index (χ3v) is 2.32. The van der Waals surface area contributed by atoms with Gasteiger partial charge < -0.3 is 5.73 Å². The van der Waals surface area contributed by atoms with Crippen LogP contribution in [0.15, 0.2) is 36.0 Å². The highest BCUT2D eigenvalue weighted by Gasteiger charge is 1.97. The van der Waals surface area contributed by atoms with Crippen LogP contribution in [-0.2, 0) is 0 Å². The van der Waals surface area contributed by atoms with Gasteiger partial charge in [-0.3, -0.25) is 0 Å². The average Bonchev–Trinajstić information content (AvgIpc) is 2.19. The van der Waals surface area contributed by atoms with Gasteiger partial charge in [0.1, 0.15) is 0 Å². The first-order valence-corrected chi connectivity index (χ1v) is 5.04.